The first-order valence-electron chi connectivity index (χ1n) is 5.12. The lowest BCUT2D eigenvalue weighted by Crippen LogP contribution is -2.14. The Hall–Kier alpha value is -1.20. The Kier molecular flexibility index (Phi) is 3.31. The highest BCUT2D eigenvalue weighted by Gasteiger charge is 2.11. The predicted molar refractivity (Wildman–Crippen MR) is 76.6 cm³/mol. The van der Waals surface area contributed by atoms with Gasteiger partial charge in [-0.2, -0.15) is 5.10 Å². The van der Waals surface area contributed by atoms with E-state index in [0.29, 0.717) is 4.99 Å². The van der Waals surface area contributed by atoms with E-state index in [1.807, 2.05) is 42.8 Å². The van der Waals surface area contributed by atoms with Gasteiger partial charge in [0.2, 0.25) is 0 Å². The number of aryl methyl sites for hydroxylation is 2. The molecule has 0 spiro atoms. The lowest BCUT2D eigenvalue weighted by Gasteiger charge is -2.10. The molecule has 5 heteroatoms. The predicted octanol–water partition coefficient (Wildman–Crippen LogP) is 2.89. The summed E-state index contributed by atoms with van der Waals surface area (Å²) in [5.41, 5.74) is 9.49. The molecule has 0 unspecified atom stereocenters. The molecular weight excluding hydrogens is 298 g/mol. The third kappa shape index (κ3) is 2.40. The van der Waals surface area contributed by atoms with Gasteiger partial charge in [0.1, 0.15) is 4.99 Å². The number of benzene rings is 1. The number of hydrogen-bond acceptors (Lipinski definition) is 2. The molecule has 0 radical (unpaired) electrons. The van der Waals surface area contributed by atoms with Crippen molar-refractivity contribution in [2.75, 3.05) is 0 Å². The molecule has 0 saturated heterocycles. The summed E-state index contributed by atoms with van der Waals surface area (Å²) in [6.45, 7) is 3.96. The van der Waals surface area contributed by atoms with E-state index in [9.17, 15) is 0 Å². The highest BCUT2D eigenvalue weighted by Crippen LogP contribution is 2.21. The average Bonchev–Trinajstić information content (AvgIpc) is 2.57. The molecule has 0 amide bonds. The zero-order chi connectivity index (χ0) is 12.6. The quantitative estimate of drug-likeness (QED) is 0.868. The van der Waals surface area contributed by atoms with Crippen LogP contribution in [-0.2, 0) is 0 Å². The maximum Gasteiger partial charge on any atom is 0.106 e. The molecule has 2 rings (SSSR count). The maximum atomic E-state index is 5.73. The van der Waals surface area contributed by atoms with Crippen LogP contribution in [0.4, 0.5) is 0 Å². The van der Waals surface area contributed by atoms with Gasteiger partial charge in [0.05, 0.1) is 11.4 Å². The van der Waals surface area contributed by atoms with E-state index in [1.54, 1.807) is 0 Å². The molecule has 0 aliphatic rings. The number of hydrogen-bond donors (Lipinski definition) is 1. The molecule has 0 aliphatic carbocycles. The van der Waals surface area contributed by atoms with Gasteiger partial charge in [-0.25, -0.2) is 4.68 Å². The monoisotopic (exact) mass is 309 g/mol. The Labute approximate surface area is 114 Å². The summed E-state index contributed by atoms with van der Waals surface area (Å²) in [5, 5.41) is 4.45. The molecular formula is C12H12BrN3S. The molecule has 2 aromatic rings. The fraction of sp³-hybridized carbons (Fsp3) is 0.167. The minimum absolute atomic E-state index is 0.375. The third-order valence-electron chi connectivity index (χ3n) is 2.46. The van der Waals surface area contributed by atoms with Gasteiger partial charge < -0.3 is 5.73 Å². The van der Waals surface area contributed by atoms with Gasteiger partial charge in [0.25, 0.3) is 0 Å². The fourth-order valence-corrected chi connectivity index (χ4v) is 2.28. The van der Waals surface area contributed by atoms with Gasteiger partial charge in [0, 0.05) is 15.7 Å². The van der Waals surface area contributed by atoms with Gasteiger partial charge >= 0.3 is 0 Å². The van der Waals surface area contributed by atoms with E-state index in [0.717, 1.165) is 27.1 Å². The van der Waals surface area contributed by atoms with Crippen LogP contribution in [0.3, 0.4) is 0 Å². The fourth-order valence-electron chi connectivity index (χ4n) is 1.76. The Bertz CT molecular complexity index is 589. The van der Waals surface area contributed by atoms with E-state index >= 15 is 0 Å². The summed E-state index contributed by atoms with van der Waals surface area (Å²) in [6.07, 6.45) is 0. The summed E-state index contributed by atoms with van der Waals surface area (Å²) in [4.78, 5) is 0.375. The SMILES string of the molecule is Cc1cc(C)n(-c2cc(Br)ccc2C(N)=S)n1. The first-order chi connectivity index (χ1) is 7.99. The molecule has 88 valence electrons. The standard InChI is InChI=1S/C12H12BrN3S/c1-7-5-8(2)16(15-7)11-6-9(13)3-4-10(11)12(14)17/h3-6H,1-2H3,(H2,14,17). The maximum absolute atomic E-state index is 5.73. The van der Waals surface area contributed by atoms with Gasteiger partial charge in [0.15, 0.2) is 0 Å². The van der Waals surface area contributed by atoms with Crippen molar-refractivity contribution in [1.82, 2.24) is 9.78 Å². The van der Waals surface area contributed by atoms with E-state index in [1.165, 1.54) is 0 Å². The van der Waals surface area contributed by atoms with Crippen molar-refractivity contribution in [2.24, 2.45) is 5.73 Å². The summed E-state index contributed by atoms with van der Waals surface area (Å²) < 4.78 is 2.83. The van der Waals surface area contributed by atoms with Crippen LogP contribution in [0.15, 0.2) is 28.7 Å². The van der Waals surface area contributed by atoms with Gasteiger partial charge in [-0.1, -0.05) is 28.1 Å². The van der Waals surface area contributed by atoms with E-state index in [-0.39, 0.29) is 0 Å². The molecule has 0 saturated carbocycles. The minimum Gasteiger partial charge on any atom is -0.389 e. The minimum atomic E-state index is 0.375. The van der Waals surface area contributed by atoms with Crippen molar-refractivity contribution >= 4 is 33.1 Å². The summed E-state index contributed by atoms with van der Waals surface area (Å²) in [7, 11) is 0. The van der Waals surface area contributed by atoms with Gasteiger partial charge in [-0.3, -0.25) is 0 Å². The molecule has 0 bridgehead atoms. The zero-order valence-corrected chi connectivity index (χ0v) is 12.0. The second kappa shape index (κ2) is 4.58. The number of aromatic nitrogens is 2. The van der Waals surface area contributed by atoms with Crippen molar-refractivity contribution in [3.8, 4) is 5.69 Å². The van der Waals surface area contributed by atoms with Crippen molar-refractivity contribution in [1.29, 1.82) is 0 Å². The van der Waals surface area contributed by atoms with Gasteiger partial charge in [-0.05, 0) is 38.1 Å². The second-order valence-electron chi connectivity index (χ2n) is 3.86. The van der Waals surface area contributed by atoms with Crippen LogP contribution in [0.5, 0.6) is 0 Å². The number of rotatable bonds is 2. The van der Waals surface area contributed by atoms with Crippen molar-refractivity contribution in [3.63, 3.8) is 0 Å². The molecule has 0 atom stereocenters. The molecule has 0 aliphatic heterocycles. The Morgan fingerprint density at radius 2 is 2.06 bits per heavy atom. The topological polar surface area (TPSA) is 43.8 Å². The first kappa shape index (κ1) is 12.3. The Morgan fingerprint density at radius 3 is 2.59 bits per heavy atom. The van der Waals surface area contributed by atoms with Crippen molar-refractivity contribution in [2.45, 2.75) is 13.8 Å². The zero-order valence-electron chi connectivity index (χ0n) is 9.57. The summed E-state index contributed by atoms with van der Waals surface area (Å²) in [6, 6.07) is 7.81. The number of thiocarbonyl (C=S) groups is 1. The smallest absolute Gasteiger partial charge is 0.106 e. The van der Waals surface area contributed by atoms with Crippen LogP contribution in [0.2, 0.25) is 0 Å². The Balaban J connectivity index is 2.69. The largest absolute Gasteiger partial charge is 0.389 e. The number of nitrogens with zero attached hydrogens (tertiary/aromatic N) is 2. The Morgan fingerprint density at radius 1 is 1.35 bits per heavy atom. The molecule has 2 N–H and O–H groups in total. The number of nitrogens with two attached hydrogens (primary N) is 1. The normalized spacial score (nSPS) is 10.5. The van der Waals surface area contributed by atoms with Crippen LogP contribution >= 0.6 is 28.1 Å². The number of halogens is 1. The van der Waals surface area contributed by atoms with Crippen LogP contribution in [0, 0.1) is 13.8 Å². The van der Waals surface area contributed by atoms with Crippen molar-refractivity contribution in [3.05, 3.63) is 45.7 Å². The highest BCUT2D eigenvalue weighted by atomic mass is 79.9. The van der Waals surface area contributed by atoms with E-state index in [2.05, 4.69) is 21.0 Å². The van der Waals surface area contributed by atoms with Crippen LogP contribution < -0.4 is 5.73 Å². The molecule has 1 aromatic heterocycles. The molecule has 17 heavy (non-hydrogen) atoms. The molecule has 1 aromatic carbocycles. The second-order valence-corrected chi connectivity index (χ2v) is 5.22. The van der Waals surface area contributed by atoms with E-state index in [4.69, 9.17) is 18.0 Å². The van der Waals surface area contributed by atoms with Crippen LogP contribution in [0.25, 0.3) is 5.69 Å². The van der Waals surface area contributed by atoms with Crippen LogP contribution in [0.1, 0.15) is 17.0 Å². The lowest BCUT2D eigenvalue weighted by molar-refractivity contribution is 0.831. The average molecular weight is 310 g/mol. The molecule has 3 nitrogen and oxygen atoms in total. The summed E-state index contributed by atoms with van der Waals surface area (Å²) >= 11 is 8.51. The molecule has 0 fully saturated rings. The van der Waals surface area contributed by atoms with Crippen LogP contribution in [-0.4, -0.2) is 14.8 Å². The lowest BCUT2D eigenvalue weighted by atomic mass is 10.2. The van der Waals surface area contributed by atoms with Crippen molar-refractivity contribution < 1.29 is 0 Å². The first-order valence-corrected chi connectivity index (χ1v) is 6.32. The highest BCUT2D eigenvalue weighted by molar-refractivity contribution is 9.10. The summed E-state index contributed by atoms with van der Waals surface area (Å²) in [5.74, 6) is 0. The van der Waals surface area contributed by atoms with E-state index < -0.39 is 0 Å². The third-order valence-corrected chi connectivity index (χ3v) is 3.18. The molecule has 1 heterocycles. The van der Waals surface area contributed by atoms with Gasteiger partial charge in [-0.15, -0.1) is 0 Å².